The molecule has 32 heavy (non-hydrogen) atoms. The Morgan fingerprint density at radius 2 is 1.84 bits per heavy atom. The van der Waals surface area contributed by atoms with E-state index in [1.807, 2.05) is 36.4 Å². The van der Waals surface area contributed by atoms with E-state index >= 15 is 0 Å². The fourth-order valence-corrected chi connectivity index (χ4v) is 6.06. The van der Waals surface area contributed by atoms with Crippen molar-refractivity contribution in [2.45, 2.75) is 44.1 Å². The number of hydrogen-bond donors (Lipinski definition) is 1. The Balaban J connectivity index is 1.39. The smallest absolute Gasteiger partial charge is 0.263 e. The quantitative estimate of drug-likeness (QED) is 0.643. The number of nitrogens with one attached hydrogen (secondary N) is 1. The van der Waals surface area contributed by atoms with Gasteiger partial charge in [-0.1, -0.05) is 49.7 Å². The van der Waals surface area contributed by atoms with E-state index < -0.39 is 0 Å². The molecule has 6 nitrogen and oxygen atoms in total. The zero-order valence-corrected chi connectivity index (χ0v) is 19.4. The number of carbonyl (C=O) groups is 1. The summed E-state index contributed by atoms with van der Waals surface area (Å²) in [5, 5.41) is 3.59. The van der Waals surface area contributed by atoms with Gasteiger partial charge in [-0.25, -0.2) is 0 Å². The number of nitrogens with zero attached hydrogens (tertiary/aromatic N) is 2. The minimum absolute atomic E-state index is 0.103. The molecule has 1 aromatic heterocycles. The number of para-hydroxylation sites is 1. The molecule has 0 radical (unpaired) electrons. The summed E-state index contributed by atoms with van der Waals surface area (Å²) in [4.78, 5) is 18.6. The van der Waals surface area contributed by atoms with Crippen LogP contribution in [0.2, 0.25) is 0 Å². The van der Waals surface area contributed by atoms with Gasteiger partial charge in [-0.2, -0.15) is 0 Å². The maximum absolute atomic E-state index is 13.6. The summed E-state index contributed by atoms with van der Waals surface area (Å²) >= 11 is 1.59. The normalized spacial score (nSPS) is 27.8. The van der Waals surface area contributed by atoms with Crippen LogP contribution in [0.3, 0.4) is 0 Å². The third kappa shape index (κ3) is 4.55. The number of morpholine rings is 1. The summed E-state index contributed by atoms with van der Waals surface area (Å²) in [6.45, 7) is 5.37. The number of furan rings is 1. The lowest BCUT2D eigenvalue weighted by Gasteiger charge is -2.39. The van der Waals surface area contributed by atoms with Crippen LogP contribution in [-0.2, 0) is 9.53 Å². The average Bonchev–Trinajstić information content (AvgIpc) is 3.41. The third-order valence-corrected chi connectivity index (χ3v) is 7.75. The maximum Gasteiger partial charge on any atom is 0.263 e. The Hall–Kier alpha value is -2.38. The molecule has 2 saturated heterocycles. The molecule has 2 aliphatic heterocycles. The van der Waals surface area contributed by atoms with Gasteiger partial charge in [-0.05, 0) is 37.0 Å². The fourth-order valence-electron chi connectivity index (χ4n) is 4.87. The topological polar surface area (TPSA) is 58.0 Å². The minimum atomic E-state index is -0.115. The van der Waals surface area contributed by atoms with E-state index in [0.29, 0.717) is 19.1 Å². The number of amides is 1. The van der Waals surface area contributed by atoms with E-state index in [-0.39, 0.29) is 17.4 Å². The Bertz CT molecular complexity index is 954. The van der Waals surface area contributed by atoms with Gasteiger partial charge in [0.05, 0.1) is 18.1 Å². The SMILES string of the molecule is C[C@@H]1CCCC[C@@H]1N1C(=O)/C(=C/c2ccc(N3CCOCC3)o2)SC1Nc1ccccc1. The van der Waals surface area contributed by atoms with Gasteiger partial charge in [0.1, 0.15) is 5.76 Å². The number of benzene rings is 1. The van der Waals surface area contributed by atoms with Crippen LogP contribution in [-0.4, -0.2) is 48.7 Å². The van der Waals surface area contributed by atoms with Gasteiger partial charge in [0, 0.05) is 37.0 Å². The van der Waals surface area contributed by atoms with Crippen LogP contribution >= 0.6 is 11.8 Å². The first-order valence-electron chi connectivity index (χ1n) is 11.6. The lowest BCUT2D eigenvalue weighted by atomic mass is 9.85. The van der Waals surface area contributed by atoms with Gasteiger partial charge in [-0.15, -0.1) is 0 Å². The van der Waals surface area contributed by atoms with Gasteiger partial charge in [0.2, 0.25) is 0 Å². The lowest BCUT2D eigenvalue weighted by molar-refractivity contribution is -0.129. The molecule has 1 saturated carbocycles. The fraction of sp³-hybridized carbons (Fsp3) is 0.480. The monoisotopic (exact) mass is 453 g/mol. The van der Waals surface area contributed by atoms with E-state index in [1.54, 1.807) is 11.8 Å². The van der Waals surface area contributed by atoms with E-state index in [9.17, 15) is 4.79 Å². The number of anilines is 2. The standard InChI is InChI=1S/C25H31N3O3S/c1-18-7-5-6-10-21(18)28-24(29)22(32-25(28)26-19-8-3-2-4-9-19)17-20-11-12-23(31-20)27-13-15-30-16-14-27/h2-4,8-9,11-12,17-18,21,25-26H,5-7,10,13-16H2,1H3/b22-17-/t18-,21+,25?/m1/s1. The van der Waals surface area contributed by atoms with E-state index in [2.05, 4.69) is 34.2 Å². The molecule has 0 bridgehead atoms. The summed E-state index contributed by atoms with van der Waals surface area (Å²) < 4.78 is 11.5. The van der Waals surface area contributed by atoms with Crippen molar-refractivity contribution in [3.05, 3.63) is 53.1 Å². The van der Waals surface area contributed by atoms with Crippen molar-refractivity contribution in [2.24, 2.45) is 5.92 Å². The molecule has 3 heterocycles. The van der Waals surface area contributed by atoms with Gasteiger partial charge in [0.25, 0.3) is 5.91 Å². The van der Waals surface area contributed by atoms with Crippen molar-refractivity contribution in [3.8, 4) is 0 Å². The number of thioether (sulfide) groups is 1. The van der Waals surface area contributed by atoms with Crippen LogP contribution in [0, 0.1) is 5.92 Å². The average molecular weight is 454 g/mol. The molecule has 1 unspecified atom stereocenters. The summed E-state index contributed by atoms with van der Waals surface area (Å²) in [7, 11) is 0. The highest BCUT2D eigenvalue weighted by Crippen LogP contribution is 2.42. The molecule has 3 aliphatic rings. The molecular formula is C25H31N3O3S. The highest BCUT2D eigenvalue weighted by Gasteiger charge is 2.43. The molecule has 2 aromatic rings. The number of hydrogen-bond acceptors (Lipinski definition) is 6. The molecule has 3 atom stereocenters. The predicted octanol–water partition coefficient (Wildman–Crippen LogP) is 5.01. The maximum atomic E-state index is 13.6. The zero-order chi connectivity index (χ0) is 21.9. The van der Waals surface area contributed by atoms with Crippen LogP contribution in [0.4, 0.5) is 11.6 Å². The zero-order valence-electron chi connectivity index (χ0n) is 18.5. The van der Waals surface area contributed by atoms with Crippen molar-refractivity contribution in [1.82, 2.24) is 4.90 Å². The summed E-state index contributed by atoms with van der Waals surface area (Å²) in [6.07, 6.45) is 6.59. The van der Waals surface area contributed by atoms with Crippen molar-refractivity contribution < 1.29 is 13.9 Å². The first-order chi connectivity index (χ1) is 15.7. The third-order valence-electron chi connectivity index (χ3n) is 6.63. The Morgan fingerprint density at radius 3 is 2.62 bits per heavy atom. The molecule has 170 valence electrons. The molecule has 5 rings (SSSR count). The summed E-state index contributed by atoms with van der Waals surface area (Å²) in [5.74, 6) is 2.17. The molecular weight excluding hydrogens is 422 g/mol. The van der Waals surface area contributed by atoms with Gasteiger partial charge in [0.15, 0.2) is 11.4 Å². The minimum Gasteiger partial charge on any atom is -0.441 e. The number of carbonyl (C=O) groups excluding carboxylic acids is 1. The molecule has 1 N–H and O–H groups in total. The Morgan fingerprint density at radius 1 is 1.06 bits per heavy atom. The van der Waals surface area contributed by atoms with Gasteiger partial charge >= 0.3 is 0 Å². The van der Waals surface area contributed by atoms with Crippen LogP contribution in [0.15, 0.2) is 51.8 Å². The second-order valence-corrected chi connectivity index (χ2v) is 9.93. The molecule has 1 aromatic carbocycles. The summed E-state index contributed by atoms with van der Waals surface area (Å²) in [5.41, 5.74) is 0.912. The highest BCUT2D eigenvalue weighted by molar-refractivity contribution is 8.05. The molecule has 3 fully saturated rings. The number of ether oxygens (including phenoxy) is 1. The van der Waals surface area contributed by atoms with Crippen LogP contribution < -0.4 is 10.2 Å². The first kappa shape index (κ1) is 21.5. The molecule has 0 spiro atoms. The van der Waals surface area contributed by atoms with Crippen molar-refractivity contribution >= 4 is 35.3 Å². The van der Waals surface area contributed by atoms with Crippen LogP contribution in [0.1, 0.15) is 38.4 Å². The number of rotatable bonds is 5. The Kier molecular flexibility index (Phi) is 6.46. The van der Waals surface area contributed by atoms with Gasteiger partial charge in [-0.3, -0.25) is 4.79 Å². The first-order valence-corrected chi connectivity index (χ1v) is 12.5. The lowest BCUT2D eigenvalue weighted by Crippen LogP contribution is -2.48. The predicted molar refractivity (Wildman–Crippen MR) is 129 cm³/mol. The van der Waals surface area contributed by atoms with Crippen LogP contribution in [0.25, 0.3) is 6.08 Å². The second kappa shape index (κ2) is 9.63. The Labute approximate surface area is 194 Å². The van der Waals surface area contributed by atoms with E-state index in [0.717, 1.165) is 41.7 Å². The molecule has 7 heteroatoms. The van der Waals surface area contributed by atoms with E-state index in [4.69, 9.17) is 9.15 Å². The van der Waals surface area contributed by atoms with Crippen LogP contribution in [0.5, 0.6) is 0 Å². The molecule has 1 aliphatic carbocycles. The van der Waals surface area contributed by atoms with Crippen molar-refractivity contribution in [2.75, 3.05) is 36.5 Å². The highest BCUT2D eigenvalue weighted by atomic mass is 32.2. The molecule has 1 amide bonds. The van der Waals surface area contributed by atoms with E-state index in [1.165, 1.54) is 19.3 Å². The van der Waals surface area contributed by atoms with Gasteiger partial charge < -0.3 is 24.3 Å². The van der Waals surface area contributed by atoms with Crippen molar-refractivity contribution in [3.63, 3.8) is 0 Å². The largest absolute Gasteiger partial charge is 0.441 e. The van der Waals surface area contributed by atoms with Crippen molar-refractivity contribution in [1.29, 1.82) is 0 Å². The summed E-state index contributed by atoms with van der Waals surface area (Å²) in [6, 6.07) is 14.4. The second-order valence-electron chi connectivity index (χ2n) is 8.81.